The Balaban J connectivity index is 1.59. The highest BCUT2D eigenvalue weighted by Crippen LogP contribution is 2.36. The SMILES string of the molecule is CCOc1ccc(S(=O)(=O)Nc2ccc3c(c2)N(C(=O)C2CC2)CCCC3)cc1. The van der Waals surface area contributed by atoms with Crippen molar-refractivity contribution >= 4 is 27.3 Å². The van der Waals surface area contributed by atoms with Crippen LogP contribution < -0.4 is 14.4 Å². The molecular formula is C22H26N2O4S. The highest BCUT2D eigenvalue weighted by atomic mass is 32.2. The molecule has 0 unspecified atom stereocenters. The van der Waals surface area contributed by atoms with Crippen molar-refractivity contribution in [1.29, 1.82) is 0 Å². The molecule has 154 valence electrons. The quantitative estimate of drug-likeness (QED) is 0.776. The highest BCUT2D eigenvalue weighted by Gasteiger charge is 2.35. The zero-order valence-electron chi connectivity index (χ0n) is 16.6. The van der Waals surface area contributed by atoms with Crippen LogP contribution in [0.15, 0.2) is 47.4 Å². The van der Waals surface area contributed by atoms with Crippen LogP contribution in [-0.4, -0.2) is 27.5 Å². The molecule has 2 aromatic rings. The lowest BCUT2D eigenvalue weighted by Crippen LogP contribution is -2.33. The molecule has 29 heavy (non-hydrogen) atoms. The summed E-state index contributed by atoms with van der Waals surface area (Å²) in [4.78, 5) is 14.8. The summed E-state index contributed by atoms with van der Waals surface area (Å²) in [5.74, 6) is 0.926. The molecule has 1 heterocycles. The number of nitrogens with zero attached hydrogens (tertiary/aromatic N) is 1. The van der Waals surface area contributed by atoms with Gasteiger partial charge in [0.2, 0.25) is 5.91 Å². The number of benzene rings is 2. The molecule has 2 aliphatic rings. The fourth-order valence-electron chi connectivity index (χ4n) is 3.67. The smallest absolute Gasteiger partial charge is 0.261 e. The van der Waals surface area contributed by atoms with E-state index >= 15 is 0 Å². The van der Waals surface area contributed by atoms with Crippen molar-refractivity contribution in [3.63, 3.8) is 0 Å². The second kappa shape index (κ2) is 8.06. The number of amides is 1. The summed E-state index contributed by atoms with van der Waals surface area (Å²) in [7, 11) is -3.73. The molecular weight excluding hydrogens is 388 g/mol. The van der Waals surface area contributed by atoms with Crippen LogP contribution >= 0.6 is 0 Å². The van der Waals surface area contributed by atoms with E-state index in [4.69, 9.17) is 4.74 Å². The van der Waals surface area contributed by atoms with Crippen LogP contribution in [0.5, 0.6) is 5.75 Å². The molecule has 1 amide bonds. The average Bonchev–Trinajstić information content (AvgIpc) is 3.55. The Morgan fingerprint density at radius 3 is 2.59 bits per heavy atom. The maximum atomic E-state index is 12.8. The van der Waals surface area contributed by atoms with E-state index in [1.165, 1.54) is 12.1 Å². The summed E-state index contributed by atoms with van der Waals surface area (Å²) in [5, 5.41) is 0. The van der Waals surface area contributed by atoms with E-state index < -0.39 is 10.0 Å². The second-order valence-electron chi connectivity index (χ2n) is 7.57. The minimum atomic E-state index is -3.73. The van der Waals surface area contributed by atoms with Gasteiger partial charge >= 0.3 is 0 Å². The third-order valence-corrected chi connectivity index (χ3v) is 6.74. The van der Waals surface area contributed by atoms with E-state index in [2.05, 4.69) is 4.72 Å². The van der Waals surface area contributed by atoms with E-state index in [9.17, 15) is 13.2 Å². The summed E-state index contributed by atoms with van der Waals surface area (Å²) in [6, 6.07) is 11.8. The Labute approximate surface area is 171 Å². The molecule has 2 aromatic carbocycles. The molecule has 1 aliphatic carbocycles. The van der Waals surface area contributed by atoms with Gasteiger partial charge in [0.05, 0.1) is 17.2 Å². The Kier molecular flexibility index (Phi) is 5.50. The second-order valence-corrected chi connectivity index (χ2v) is 9.26. The van der Waals surface area contributed by atoms with E-state index in [0.717, 1.165) is 43.4 Å². The molecule has 0 atom stereocenters. The van der Waals surface area contributed by atoms with Gasteiger partial charge in [0.15, 0.2) is 0 Å². The number of sulfonamides is 1. The summed E-state index contributed by atoms with van der Waals surface area (Å²) in [6.07, 6.45) is 4.79. The molecule has 1 fully saturated rings. The van der Waals surface area contributed by atoms with Crippen molar-refractivity contribution < 1.29 is 17.9 Å². The average molecular weight is 415 g/mol. The molecule has 0 saturated heterocycles. The van der Waals surface area contributed by atoms with Gasteiger partial charge in [-0.25, -0.2) is 8.42 Å². The van der Waals surface area contributed by atoms with Crippen LogP contribution in [0.1, 0.15) is 38.2 Å². The lowest BCUT2D eigenvalue weighted by atomic mass is 10.1. The first kappa shape index (κ1) is 19.8. The van der Waals surface area contributed by atoms with Crippen molar-refractivity contribution in [2.24, 2.45) is 5.92 Å². The van der Waals surface area contributed by atoms with Crippen molar-refractivity contribution in [2.45, 2.75) is 43.9 Å². The summed E-state index contributed by atoms with van der Waals surface area (Å²) >= 11 is 0. The number of hydrogen-bond acceptors (Lipinski definition) is 4. The predicted octanol–water partition coefficient (Wildman–Crippen LogP) is 3.97. The minimum absolute atomic E-state index is 0.130. The molecule has 0 aromatic heterocycles. The molecule has 1 N–H and O–H groups in total. The number of fused-ring (bicyclic) bond motifs is 1. The number of hydrogen-bond donors (Lipinski definition) is 1. The van der Waals surface area contributed by atoms with Gasteiger partial charge in [-0.1, -0.05) is 6.07 Å². The van der Waals surface area contributed by atoms with E-state index in [0.29, 0.717) is 24.6 Å². The molecule has 1 saturated carbocycles. The Hall–Kier alpha value is -2.54. The Morgan fingerprint density at radius 1 is 1.14 bits per heavy atom. The zero-order chi connectivity index (χ0) is 20.4. The van der Waals surface area contributed by atoms with Gasteiger partial charge < -0.3 is 9.64 Å². The fourth-order valence-corrected chi connectivity index (χ4v) is 4.72. The third-order valence-electron chi connectivity index (χ3n) is 5.34. The molecule has 0 spiro atoms. The third kappa shape index (κ3) is 4.40. The zero-order valence-corrected chi connectivity index (χ0v) is 17.4. The van der Waals surface area contributed by atoms with Crippen molar-refractivity contribution in [3.8, 4) is 5.75 Å². The number of aryl methyl sites for hydroxylation is 1. The van der Waals surface area contributed by atoms with Crippen LogP contribution in [0, 0.1) is 5.92 Å². The monoisotopic (exact) mass is 414 g/mol. The first-order valence-corrected chi connectivity index (χ1v) is 11.7. The maximum Gasteiger partial charge on any atom is 0.261 e. The molecule has 6 nitrogen and oxygen atoms in total. The van der Waals surface area contributed by atoms with Crippen molar-refractivity contribution in [3.05, 3.63) is 48.0 Å². The van der Waals surface area contributed by atoms with Crippen LogP contribution in [0.4, 0.5) is 11.4 Å². The number of rotatable bonds is 6. The van der Waals surface area contributed by atoms with Gasteiger partial charge in [-0.05, 0) is 81.0 Å². The van der Waals surface area contributed by atoms with E-state index in [1.807, 2.05) is 17.9 Å². The summed E-state index contributed by atoms with van der Waals surface area (Å²) < 4.78 is 33.6. The molecule has 7 heteroatoms. The Bertz CT molecular complexity index is 998. The highest BCUT2D eigenvalue weighted by molar-refractivity contribution is 7.92. The minimum Gasteiger partial charge on any atom is -0.494 e. The van der Waals surface area contributed by atoms with Crippen molar-refractivity contribution in [1.82, 2.24) is 0 Å². The first-order valence-electron chi connectivity index (χ1n) is 10.2. The normalized spacial score (nSPS) is 16.7. The molecule has 0 bridgehead atoms. The van der Waals surface area contributed by atoms with E-state index in [-0.39, 0.29) is 16.7 Å². The van der Waals surface area contributed by atoms with Gasteiger partial charge in [-0.2, -0.15) is 0 Å². The fraction of sp³-hybridized carbons (Fsp3) is 0.409. The van der Waals surface area contributed by atoms with Gasteiger partial charge in [0, 0.05) is 18.2 Å². The van der Waals surface area contributed by atoms with Gasteiger partial charge in [-0.3, -0.25) is 9.52 Å². The lowest BCUT2D eigenvalue weighted by Gasteiger charge is -2.24. The Morgan fingerprint density at radius 2 is 1.90 bits per heavy atom. The van der Waals surface area contributed by atoms with Gasteiger partial charge in [-0.15, -0.1) is 0 Å². The topological polar surface area (TPSA) is 75.7 Å². The predicted molar refractivity (Wildman–Crippen MR) is 113 cm³/mol. The number of carbonyl (C=O) groups excluding carboxylic acids is 1. The van der Waals surface area contributed by atoms with Gasteiger partial charge in [0.25, 0.3) is 10.0 Å². The standard InChI is InChI=1S/C22H26N2O4S/c1-2-28-19-10-12-20(13-11-19)29(26,27)23-18-9-8-16-5-3-4-14-24(21(16)15-18)22(25)17-6-7-17/h8-13,15,17,23H,2-7,14H2,1H3. The summed E-state index contributed by atoms with van der Waals surface area (Å²) in [5.41, 5.74) is 2.40. The maximum absolute atomic E-state index is 12.8. The van der Waals surface area contributed by atoms with Crippen LogP contribution in [0.3, 0.4) is 0 Å². The van der Waals surface area contributed by atoms with Crippen LogP contribution in [-0.2, 0) is 21.2 Å². The largest absolute Gasteiger partial charge is 0.494 e. The number of nitrogens with one attached hydrogen (secondary N) is 1. The van der Waals surface area contributed by atoms with E-state index in [1.54, 1.807) is 24.3 Å². The molecule has 4 rings (SSSR count). The molecule has 0 radical (unpaired) electrons. The van der Waals surface area contributed by atoms with Crippen molar-refractivity contribution in [2.75, 3.05) is 22.8 Å². The van der Waals surface area contributed by atoms with Crippen LogP contribution in [0.25, 0.3) is 0 Å². The first-order chi connectivity index (χ1) is 14.0. The lowest BCUT2D eigenvalue weighted by molar-refractivity contribution is -0.119. The number of ether oxygens (including phenoxy) is 1. The summed E-state index contributed by atoms with van der Waals surface area (Å²) in [6.45, 7) is 3.09. The van der Waals surface area contributed by atoms with Gasteiger partial charge in [0.1, 0.15) is 5.75 Å². The number of carbonyl (C=O) groups is 1. The number of anilines is 2. The van der Waals surface area contributed by atoms with Crippen LogP contribution in [0.2, 0.25) is 0 Å². The molecule has 1 aliphatic heterocycles.